The van der Waals surface area contributed by atoms with Crippen LogP contribution in [-0.2, 0) is 17.9 Å². The van der Waals surface area contributed by atoms with Crippen molar-refractivity contribution in [1.29, 1.82) is 0 Å². The van der Waals surface area contributed by atoms with Gasteiger partial charge in [-0.2, -0.15) is 11.8 Å². The number of carbonyl (C=O) groups excluding carboxylic acids is 1. The van der Waals surface area contributed by atoms with Crippen LogP contribution in [0.5, 0.6) is 0 Å². The van der Waals surface area contributed by atoms with Crippen LogP contribution in [-0.4, -0.2) is 38.4 Å². The molecular formula is C12H23N5OS. The van der Waals surface area contributed by atoms with Gasteiger partial charge in [0.1, 0.15) is 6.54 Å². The molecule has 1 aromatic rings. The molecule has 3 N–H and O–H groups in total. The zero-order valence-electron chi connectivity index (χ0n) is 11.8. The Labute approximate surface area is 118 Å². The van der Waals surface area contributed by atoms with E-state index in [9.17, 15) is 4.79 Å². The Balaban J connectivity index is 2.47. The van der Waals surface area contributed by atoms with E-state index in [-0.39, 0.29) is 17.2 Å². The van der Waals surface area contributed by atoms with Gasteiger partial charge in [0.05, 0.1) is 11.9 Å². The van der Waals surface area contributed by atoms with Gasteiger partial charge in [-0.15, -0.1) is 5.10 Å². The second-order valence-corrected chi connectivity index (χ2v) is 5.76. The van der Waals surface area contributed by atoms with Crippen LogP contribution in [0.1, 0.15) is 32.4 Å². The van der Waals surface area contributed by atoms with Gasteiger partial charge in [-0.3, -0.25) is 4.79 Å². The average Bonchev–Trinajstić information content (AvgIpc) is 2.88. The minimum absolute atomic E-state index is 0.0474. The molecule has 19 heavy (non-hydrogen) atoms. The molecule has 0 radical (unpaired) electrons. The van der Waals surface area contributed by atoms with Crippen LogP contribution in [0.2, 0.25) is 0 Å². The maximum atomic E-state index is 11.9. The summed E-state index contributed by atoms with van der Waals surface area (Å²) in [5, 5.41) is 10.7. The quantitative estimate of drug-likeness (QED) is 0.737. The lowest BCUT2D eigenvalue weighted by Gasteiger charge is -2.29. The molecule has 0 saturated heterocycles. The minimum Gasteiger partial charge on any atom is -0.353 e. The number of hydrogen-bond donors (Lipinski definition) is 2. The first-order valence-corrected chi connectivity index (χ1v) is 7.72. The molecule has 0 aliphatic heterocycles. The summed E-state index contributed by atoms with van der Waals surface area (Å²) in [5.41, 5.74) is 6.13. The fourth-order valence-corrected chi connectivity index (χ4v) is 2.63. The number of nitrogens with two attached hydrogens (primary N) is 1. The van der Waals surface area contributed by atoms with Gasteiger partial charge in [0.15, 0.2) is 0 Å². The van der Waals surface area contributed by atoms with E-state index in [0.29, 0.717) is 18.8 Å². The monoisotopic (exact) mass is 285 g/mol. The summed E-state index contributed by atoms with van der Waals surface area (Å²) in [7, 11) is 0. The Kier molecular flexibility index (Phi) is 6.30. The van der Waals surface area contributed by atoms with Gasteiger partial charge < -0.3 is 11.1 Å². The number of rotatable bonds is 8. The van der Waals surface area contributed by atoms with E-state index in [1.807, 2.05) is 11.8 Å². The Morgan fingerprint density at radius 3 is 2.68 bits per heavy atom. The molecule has 6 nitrogen and oxygen atoms in total. The number of thioether (sulfide) groups is 1. The number of aromatic nitrogens is 3. The van der Waals surface area contributed by atoms with Gasteiger partial charge in [0, 0.05) is 17.8 Å². The largest absolute Gasteiger partial charge is 0.353 e. The molecule has 0 spiro atoms. The van der Waals surface area contributed by atoms with Crippen molar-refractivity contribution in [1.82, 2.24) is 20.3 Å². The molecule has 0 atom stereocenters. The van der Waals surface area contributed by atoms with Gasteiger partial charge in [0.2, 0.25) is 5.91 Å². The van der Waals surface area contributed by atoms with Crippen molar-refractivity contribution < 1.29 is 4.79 Å². The zero-order chi connectivity index (χ0) is 14.3. The normalized spacial score (nSPS) is 11.6. The van der Waals surface area contributed by atoms with Crippen molar-refractivity contribution in [2.75, 3.05) is 12.8 Å². The fraction of sp³-hybridized carbons (Fsp3) is 0.750. The summed E-state index contributed by atoms with van der Waals surface area (Å²) in [6.07, 6.45) is 5.85. The Morgan fingerprint density at radius 1 is 1.53 bits per heavy atom. The van der Waals surface area contributed by atoms with Crippen LogP contribution in [0.25, 0.3) is 0 Å². The molecule has 0 aliphatic rings. The molecule has 7 heteroatoms. The lowest BCUT2D eigenvalue weighted by atomic mass is 10.0. The van der Waals surface area contributed by atoms with Crippen molar-refractivity contribution in [2.24, 2.45) is 5.73 Å². The summed E-state index contributed by atoms with van der Waals surface area (Å²) in [6.45, 7) is 5.50. The molecular weight excluding hydrogens is 262 g/mol. The van der Waals surface area contributed by atoms with E-state index in [4.69, 9.17) is 5.73 Å². The predicted octanol–water partition coefficient (Wildman–Crippen LogP) is 0.775. The summed E-state index contributed by atoms with van der Waals surface area (Å²) < 4.78 is 1.64. The summed E-state index contributed by atoms with van der Waals surface area (Å²) >= 11 is 1.81. The van der Waals surface area contributed by atoms with Gasteiger partial charge >= 0.3 is 0 Å². The zero-order valence-corrected chi connectivity index (χ0v) is 12.7. The van der Waals surface area contributed by atoms with Gasteiger partial charge in [-0.1, -0.05) is 19.1 Å². The lowest BCUT2D eigenvalue weighted by molar-refractivity contribution is -0.122. The van der Waals surface area contributed by atoms with Crippen LogP contribution >= 0.6 is 11.8 Å². The molecule has 0 unspecified atom stereocenters. The van der Waals surface area contributed by atoms with Crippen molar-refractivity contribution in [3.8, 4) is 0 Å². The second-order valence-electron chi connectivity index (χ2n) is 4.48. The molecule has 1 amide bonds. The van der Waals surface area contributed by atoms with Crippen molar-refractivity contribution >= 4 is 17.7 Å². The van der Waals surface area contributed by atoms with Crippen LogP contribution < -0.4 is 11.1 Å². The highest BCUT2D eigenvalue weighted by Crippen LogP contribution is 2.29. The third-order valence-electron chi connectivity index (χ3n) is 3.43. The summed E-state index contributed by atoms with van der Waals surface area (Å²) in [6, 6.07) is 0. The SMILES string of the molecule is CCC(CC)(CNC(=O)Cn1cc(CN)nn1)SC. The highest BCUT2D eigenvalue weighted by Gasteiger charge is 2.25. The van der Waals surface area contributed by atoms with Gasteiger partial charge in [0.25, 0.3) is 0 Å². The van der Waals surface area contributed by atoms with E-state index in [1.54, 1.807) is 6.20 Å². The Bertz CT molecular complexity index is 394. The molecule has 1 aromatic heterocycles. The average molecular weight is 285 g/mol. The topological polar surface area (TPSA) is 85.8 Å². The molecule has 0 aromatic carbocycles. The van der Waals surface area contributed by atoms with Crippen LogP contribution in [0.15, 0.2) is 6.20 Å². The molecule has 108 valence electrons. The maximum Gasteiger partial charge on any atom is 0.241 e. The molecule has 0 saturated carbocycles. The molecule has 0 fully saturated rings. The van der Waals surface area contributed by atoms with E-state index in [0.717, 1.165) is 12.8 Å². The number of nitrogens with zero attached hydrogens (tertiary/aromatic N) is 3. The van der Waals surface area contributed by atoms with E-state index in [1.165, 1.54) is 4.68 Å². The molecule has 0 aliphatic carbocycles. The standard InChI is InChI=1S/C12H23N5OS/c1-4-12(5-2,19-3)9-14-11(18)8-17-7-10(6-13)15-16-17/h7H,4-6,8-9,13H2,1-3H3,(H,14,18). The first-order chi connectivity index (χ1) is 9.09. The van der Waals surface area contributed by atoms with E-state index >= 15 is 0 Å². The van der Waals surface area contributed by atoms with Gasteiger partial charge in [-0.25, -0.2) is 4.68 Å². The third kappa shape index (κ3) is 4.50. The number of hydrogen-bond acceptors (Lipinski definition) is 5. The van der Waals surface area contributed by atoms with Crippen LogP contribution in [0.3, 0.4) is 0 Å². The van der Waals surface area contributed by atoms with Crippen molar-refractivity contribution in [2.45, 2.75) is 44.5 Å². The third-order valence-corrected chi connectivity index (χ3v) is 5.02. The van der Waals surface area contributed by atoms with Crippen molar-refractivity contribution in [3.63, 3.8) is 0 Å². The fourth-order valence-electron chi connectivity index (χ4n) is 1.83. The maximum absolute atomic E-state index is 11.9. The Morgan fingerprint density at radius 2 is 2.21 bits per heavy atom. The second kappa shape index (κ2) is 7.49. The number of nitrogens with one attached hydrogen (secondary N) is 1. The van der Waals surface area contributed by atoms with Crippen LogP contribution in [0.4, 0.5) is 0 Å². The minimum atomic E-state index is -0.0474. The highest BCUT2D eigenvalue weighted by molar-refractivity contribution is 8.00. The smallest absolute Gasteiger partial charge is 0.241 e. The first kappa shape index (κ1) is 16.0. The van der Waals surface area contributed by atoms with Gasteiger partial charge in [-0.05, 0) is 19.1 Å². The predicted molar refractivity (Wildman–Crippen MR) is 77.8 cm³/mol. The molecule has 1 rings (SSSR count). The number of carbonyl (C=O) groups is 1. The summed E-state index contributed by atoms with van der Waals surface area (Å²) in [5.74, 6) is -0.0474. The number of amides is 1. The summed E-state index contributed by atoms with van der Waals surface area (Å²) in [4.78, 5) is 11.9. The molecule has 0 bridgehead atoms. The van der Waals surface area contributed by atoms with E-state index in [2.05, 4.69) is 35.7 Å². The van der Waals surface area contributed by atoms with Crippen molar-refractivity contribution in [3.05, 3.63) is 11.9 Å². The molecule has 1 heterocycles. The van der Waals surface area contributed by atoms with Crippen LogP contribution in [0, 0.1) is 0 Å². The highest BCUT2D eigenvalue weighted by atomic mass is 32.2. The first-order valence-electron chi connectivity index (χ1n) is 6.50. The lowest BCUT2D eigenvalue weighted by Crippen LogP contribution is -2.40. The Hall–Kier alpha value is -1.08. The van der Waals surface area contributed by atoms with E-state index < -0.39 is 0 Å².